The standard InChI is InChI=1S/C20H36N6O/c1-21-20(22-10-7-11-24(2)18-8-5-4-6-9-18)26-12-13-27-19(16-26)17-14-23-25(3)15-17/h14-15,18-19H,4-13,16H2,1-3H3,(H,21,22). The molecular formula is C20H36N6O. The van der Waals surface area contributed by atoms with Crippen molar-refractivity contribution < 1.29 is 4.74 Å². The van der Waals surface area contributed by atoms with Crippen LogP contribution in [0.4, 0.5) is 0 Å². The van der Waals surface area contributed by atoms with Crippen molar-refractivity contribution >= 4 is 5.96 Å². The van der Waals surface area contributed by atoms with Crippen LogP contribution in [0.3, 0.4) is 0 Å². The lowest BCUT2D eigenvalue weighted by atomic mass is 9.94. The third-order valence-electron chi connectivity index (χ3n) is 5.84. The molecule has 0 bridgehead atoms. The molecule has 2 aliphatic rings. The molecule has 2 fully saturated rings. The van der Waals surface area contributed by atoms with Crippen LogP contribution in [-0.2, 0) is 11.8 Å². The van der Waals surface area contributed by atoms with Crippen LogP contribution in [0.25, 0.3) is 0 Å². The van der Waals surface area contributed by atoms with Crippen LogP contribution in [0.15, 0.2) is 17.4 Å². The number of aromatic nitrogens is 2. The monoisotopic (exact) mass is 376 g/mol. The van der Waals surface area contributed by atoms with Crippen molar-refractivity contribution in [3.63, 3.8) is 0 Å². The molecule has 1 unspecified atom stereocenters. The summed E-state index contributed by atoms with van der Waals surface area (Å²) in [5, 5.41) is 7.81. The zero-order valence-corrected chi connectivity index (χ0v) is 17.2. The van der Waals surface area contributed by atoms with E-state index in [0.29, 0.717) is 6.61 Å². The second-order valence-corrected chi connectivity index (χ2v) is 7.85. The summed E-state index contributed by atoms with van der Waals surface area (Å²) < 4.78 is 7.77. The Morgan fingerprint density at radius 1 is 1.37 bits per heavy atom. The molecule has 1 aliphatic carbocycles. The lowest BCUT2D eigenvalue weighted by Crippen LogP contribution is -2.48. The number of aliphatic imine (C=N–C) groups is 1. The van der Waals surface area contributed by atoms with Gasteiger partial charge in [-0.25, -0.2) is 0 Å². The van der Waals surface area contributed by atoms with E-state index in [4.69, 9.17) is 4.74 Å². The highest BCUT2D eigenvalue weighted by Crippen LogP contribution is 2.22. The first-order valence-electron chi connectivity index (χ1n) is 10.4. The largest absolute Gasteiger partial charge is 0.370 e. The Bertz CT molecular complexity index is 595. The maximum absolute atomic E-state index is 5.94. The molecule has 0 spiro atoms. The third-order valence-corrected chi connectivity index (χ3v) is 5.84. The van der Waals surface area contributed by atoms with Gasteiger partial charge in [-0.15, -0.1) is 0 Å². The molecule has 1 saturated carbocycles. The summed E-state index contributed by atoms with van der Waals surface area (Å²) in [6.45, 7) is 4.51. The molecule has 0 aromatic carbocycles. The van der Waals surface area contributed by atoms with E-state index in [1.807, 2.05) is 31.2 Å². The van der Waals surface area contributed by atoms with Crippen LogP contribution in [0.1, 0.15) is 50.2 Å². The predicted molar refractivity (Wildman–Crippen MR) is 109 cm³/mol. The van der Waals surface area contributed by atoms with Gasteiger partial charge in [-0.05, 0) is 32.9 Å². The molecule has 0 radical (unpaired) electrons. The van der Waals surface area contributed by atoms with Gasteiger partial charge in [0.2, 0.25) is 0 Å². The van der Waals surface area contributed by atoms with E-state index in [2.05, 4.69) is 32.3 Å². The topological polar surface area (TPSA) is 57.9 Å². The fourth-order valence-electron chi connectivity index (χ4n) is 4.22. The molecule has 152 valence electrons. The van der Waals surface area contributed by atoms with E-state index in [9.17, 15) is 0 Å². The number of hydrogen-bond donors (Lipinski definition) is 1. The first-order chi connectivity index (χ1) is 13.2. The first-order valence-corrected chi connectivity index (χ1v) is 10.4. The van der Waals surface area contributed by atoms with Gasteiger partial charge in [0.25, 0.3) is 0 Å². The number of ether oxygens (including phenoxy) is 1. The number of hydrogen-bond acceptors (Lipinski definition) is 4. The van der Waals surface area contributed by atoms with E-state index in [1.165, 1.54) is 32.1 Å². The molecule has 0 amide bonds. The van der Waals surface area contributed by atoms with Gasteiger partial charge < -0.3 is 19.9 Å². The summed E-state index contributed by atoms with van der Waals surface area (Å²) in [5.41, 5.74) is 1.13. The van der Waals surface area contributed by atoms with Crippen molar-refractivity contribution in [2.24, 2.45) is 12.0 Å². The van der Waals surface area contributed by atoms with E-state index in [1.54, 1.807) is 0 Å². The fourth-order valence-corrected chi connectivity index (χ4v) is 4.22. The Morgan fingerprint density at radius 2 is 2.19 bits per heavy atom. The Labute approximate surface area is 163 Å². The number of morpholine rings is 1. The minimum Gasteiger partial charge on any atom is -0.370 e. The summed E-state index contributed by atoms with van der Waals surface area (Å²) >= 11 is 0. The molecule has 2 heterocycles. The Hall–Kier alpha value is -1.60. The summed E-state index contributed by atoms with van der Waals surface area (Å²) in [4.78, 5) is 9.34. The van der Waals surface area contributed by atoms with Crippen molar-refractivity contribution in [3.05, 3.63) is 18.0 Å². The minimum absolute atomic E-state index is 0.0587. The average Bonchev–Trinajstić information content (AvgIpc) is 3.15. The Kier molecular flexibility index (Phi) is 7.52. The highest BCUT2D eigenvalue weighted by atomic mass is 16.5. The normalized spacial score (nSPS) is 22.4. The summed E-state index contributed by atoms with van der Waals surface area (Å²) in [7, 11) is 6.09. The molecule has 1 aromatic rings. The molecule has 3 rings (SSSR count). The fraction of sp³-hybridized carbons (Fsp3) is 0.800. The molecule has 7 nitrogen and oxygen atoms in total. The maximum atomic E-state index is 5.94. The molecule has 1 atom stereocenters. The van der Waals surface area contributed by atoms with Gasteiger partial charge in [0.15, 0.2) is 5.96 Å². The van der Waals surface area contributed by atoms with Crippen molar-refractivity contribution in [1.82, 2.24) is 24.9 Å². The van der Waals surface area contributed by atoms with Crippen LogP contribution < -0.4 is 5.32 Å². The number of nitrogens with zero attached hydrogens (tertiary/aromatic N) is 5. The highest BCUT2D eigenvalue weighted by molar-refractivity contribution is 5.80. The molecule has 1 aromatic heterocycles. The molecule has 1 saturated heterocycles. The number of guanidine groups is 1. The lowest BCUT2D eigenvalue weighted by molar-refractivity contribution is -0.00803. The first kappa shape index (κ1) is 20.1. The zero-order chi connectivity index (χ0) is 19.1. The molecule has 7 heteroatoms. The van der Waals surface area contributed by atoms with Crippen molar-refractivity contribution in [3.8, 4) is 0 Å². The van der Waals surface area contributed by atoms with Crippen LogP contribution in [0, 0.1) is 0 Å². The van der Waals surface area contributed by atoms with Crippen molar-refractivity contribution in [1.29, 1.82) is 0 Å². The maximum Gasteiger partial charge on any atom is 0.193 e. The van der Waals surface area contributed by atoms with Crippen molar-refractivity contribution in [2.75, 3.05) is 46.9 Å². The molecular weight excluding hydrogens is 340 g/mol. The van der Waals surface area contributed by atoms with Crippen LogP contribution in [0.2, 0.25) is 0 Å². The van der Waals surface area contributed by atoms with E-state index in [0.717, 1.165) is 50.2 Å². The summed E-state index contributed by atoms with van der Waals surface area (Å²) in [6, 6.07) is 0.789. The third kappa shape index (κ3) is 5.69. The molecule has 1 aliphatic heterocycles. The minimum atomic E-state index is 0.0587. The second-order valence-electron chi connectivity index (χ2n) is 7.85. The quantitative estimate of drug-likeness (QED) is 0.468. The summed E-state index contributed by atoms with van der Waals surface area (Å²) in [5.74, 6) is 0.979. The van der Waals surface area contributed by atoms with Gasteiger partial charge >= 0.3 is 0 Å². The smallest absolute Gasteiger partial charge is 0.193 e. The number of nitrogens with one attached hydrogen (secondary N) is 1. The van der Waals surface area contributed by atoms with Gasteiger partial charge in [-0.3, -0.25) is 9.67 Å². The SMILES string of the molecule is CN=C(NCCCN(C)C1CCCCC1)N1CCOC(c2cnn(C)c2)C1. The molecule has 1 N–H and O–H groups in total. The predicted octanol–water partition coefficient (Wildman–Crippen LogP) is 2.02. The van der Waals surface area contributed by atoms with E-state index in [-0.39, 0.29) is 6.10 Å². The Balaban J connectivity index is 1.41. The zero-order valence-electron chi connectivity index (χ0n) is 17.2. The van der Waals surface area contributed by atoms with Crippen molar-refractivity contribution in [2.45, 2.75) is 50.7 Å². The van der Waals surface area contributed by atoms with Gasteiger partial charge in [0.1, 0.15) is 6.10 Å². The number of rotatable bonds is 6. The van der Waals surface area contributed by atoms with Crippen LogP contribution >= 0.6 is 0 Å². The van der Waals surface area contributed by atoms with E-state index >= 15 is 0 Å². The summed E-state index contributed by atoms with van der Waals surface area (Å²) in [6.07, 6.45) is 12.1. The highest BCUT2D eigenvalue weighted by Gasteiger charge is 2.25. The van der Waals surface area contributed by atoms with Gasteiger partial charge in [-0.1, -0.05) is 19.3 Å². The van der Waals surface area contributed by atoms with Gasteiger partial charge in [-0.2, -0.15) is 5.10 Å². The number of aryl methyl sites for hydroxylation is 1. The Morgan fingerprint density at radius 3 is 2.89 bits per heavy atom. The van der Waals surface area contributed by atoms with Crippen LogP contribution in [-0.4, -0.2) is 78.5 Å². The van der Waals surface area contributed by atoms with Gasteiger partial charge in [0.05, 0.1) is 19.3 Å². The average molecular weight is 377 g/mol. The van der Waals surface area contributed by atoms with Crippen LogP contribution in [0.5, 0.6) is 0 Å². The lowest BCUT2D eigenvalue weighted by Gasteiger charge is -2.35. The van der Waals surface area contributed by atoms with Gasteiger partial charge in [0, 0.05) is 45.0 Å². The molecule has 27 heavy (non-hydrogen) atoms. The van der Waals surface area contributed by atoms with E-state index < -0.39 is 0 Å². The second kappa shape index (κ2) is 10.1.